The lowest BCUT2D eigenvalue weighted by Crippen LogP contribution is -2.57. The van der Waals surface area contributed by atoms with Crippen molar-refractivity contribution in [1.82, 2.24) is 19.6 Å². The average Bonchev–Trinajstić information content (AvgIpc) is 2.83. The molecule has 25 heavy (non-hydrogen) atoms. The summed E-state index contributed by atoms with van der Waals surface area (Å²) in [4.78, 5) is 50.7. The second kappa shape index (κ2) is 5.98. The van der Waals surface area contributed by atoms with Gasteiger partial charge in [0, 0.05) is 39.7 Å². The van der Waals surface area contributed by atoms with Gasteiger partial charge in [0.25, 0.3) is 11.5 Å². The predicted octanol–water partition coefficient (Wildman–Crippen LogP) is -0.682. The monoisotopic (exact) mass is 348 g/mol. The van der Waals surface area contributed by atoms with E-state index >= 15 is 0 Å². The van der Waals surface area contributed by atoms with Gasteiger partial charge in [-0.15, -0.1) is 0 Å². The number of hydrogen-bond donors (Lipinski definition) is 1. The fourth-order valence-electron chi connectivity index (χ4n) is 3.86. The van der Waals surface area contributed by atoms with E-state index in [0.717, 1.165) is 4.68 Å². The van der Waals surface area contributed by atoms with Gasteiger partial charge in [-0.05, 0) is 18.9 Å². The maximum absolute atomic E-state index is 12.6. The Labute approximate surface area is 143 Å². The number of carboxylic acids is 1. The quantitative estimate of drug-likeness (QED) is 0.757. The largest absolute Gasteiger partial charge is 0.481 e. The highest BCUT2D eigenvalue weighted by Crippen LogP contribution is 2.42. The minimum atomic E-state index is -0.975. The molecule has 1 aromatic heterocycles. The first-order valence-corrected chi connectivity index (χ1v) is 8.09. The van der Waals surface area contributed by atoms with Crippen molar-refractivity contribution in [2.75, 3.05) is 20.1 Å². The molecule has 3 rings (SSSR count). The van der Waals surface area contributed by atoms with Gasteiger partial charge in [0.15, 0.2) is 0 Å². The minimum absolute atomic E-state index is 0.00212. The third-order valence-electron chi connectivity index (χ3n) is 5.46. The van der Waals surface area contributed by atoms with Gasteiger partial charge in [-0.25, -0.2) is 4.68 Å². The molecule has 2 saturated heterocycles. The van der Waals surface area contributed by atoms with Crippen LogP contribution in [0.25, 0.3) is 0 Å². The Kier molecular flexibility index (Phi) is 4.09. The molecule has 0 bridgehead atoms. The topological polar surface area (TPSA) is 113 Å². The molecule has 9 nitrogen and oxygen atoms in total. The molecule has 134 valence electrons. The summed E-state index contributed by atoms with van der Waals surface area (Å²) in [5, 5.41) is 13.4. The molecular weight excluding hydrogens is 328 g/mol. The Morgan fingerprint density at radius 1 is 1.20 bits per heavy atom. The summed E-state index contributed by atoms with van der Waals surface area (Å²) < 4.78 is 1.10. The Bertz CT molecular complexity index is 794. The highest BCUT2D eigenvalue weighted by atomic mass is 16.4. The van der Waals surface area contributed by atoms with Crippen LogP contribution in [0.3, 0.4) is 0 Å². The molecule has 1 aromatic rings. The standard InChI is InChI=1S/C16H20N4O5/c1-18-13(22)9-10(15(24)25)16(18)5-7-20(8-6-16)14(23)11-3-4-12(21)19(2)17-11/h3-4,10H,5-9H2,1-2H3,(H,24,25)/t10-/m1/s1. The van der Waals surface area contributed by atoms with E-state index in [9.17, 15) is 24.3 Å². The second-order valence-corrected chi connectivity index (χ2v) is 6.62. The number of carbonyl (C=O) groups excluding carboxylic acids is 2. The minimum Gasteiger partial charge on any atom is -0.481 e. The van der Waals surface area contributed by atoms with Crippen LogP contribution in [-0.2, 0) is 16.6 Å². The van der Waals surface area contributed by atoms with Crippen LogP contribution in [0.15, 0.2) is 16.9 Å². The third kappa shape index (κ3) is 2.69. The molecule has 1 N–H and O–H groups in total. The fourth-order valence-corrected chi connectivity index (χ4v) is 3.86. The zero-order valence-electron chi connectivity index (χ0n) is 14.1. The number of hydrogen-bond acceptors (Lipinski definition) is 5. The first-order valence-electron chi connectivity index (χ1n) is 8.09. The molecule has 2 amide bonds. The number of rotatable bonds is 2. The molecule has 0 unspecified atom stereocenters. The van der Waals surface area contributed by atoms with Gasteiger partial charge in [0.1, 0.15) is 5.69 Å². The van der Waals surface area contributed by atoms with E-state index in [-0.39, 0.29) is 29.5 Å². The number of amides is 2. The van der Waals surface area contributed by atoms with Crippen LogP contribution in [0.2, 0.25) is 0 Å². The van der Waals surface area contributed by atoms with E-state index in [0.29, 0.717) is 25.9 Å². The van der Waals surface area contributed by atoms with Crippen LogP contribution >= 0.6 is 0 Å². The van der Waals surface area contributed by atoms with E-state index in [1.165, 1.54) is 24.1 Å². The van der Waals surface area contributed by atoms with Gasteiger partial charge >= 0.3 is 5.97 Å². The number of aryl methyl sites for hydroxylation is 1. The molecule has 9 heteroatoms. The second-order valence-electron chi connectivity index (χ2n) is 6.62. The van der Waals surface area contributed by atoms with E-state index < -0.39 is 17.4 Å². The van der Waals surface area contributed by atoms with Crippen molar-refractivity contribution in [2.45, 2.75) is 24.8 Å². The third-order valence-corrected chi connectivity index (χ3v) is 5.46. The smallest absolute Gasteiger partial charge is 0.309 e. The molecule has 2 aliphatic heterocycles. The van der Waals surface area contributed by atoms with Crippen LogP contribution in [0.4, 0.5) is 0 Å². The van der Waals surface area contributed by atoms with E-state index in [2.05, 4.69) is 5.10 Å². The number of piperidine rings is 1. The molecule has 1 spiro atoms. The summed E-state index contributed by atoms with van der Waals surface area (Å²) in [5.74, 6) is -2.20. The number of carboxylic acid groups (broad SMARTS) is 1. The molecule has 0 saturated carbocycles. The summed E-state index contributed by atoms with van der Waals surface area (Å²) in [5.41, 5.74) is -0.871. The number of aromatic nitrogens is 2. The molecule has 1 atom stereocenters. The van der Waals surface area contributed by atoms with Crippen molar-refractivity contribution in [2.24, 2.45) is 13.0 Å². The zero-order chi connectivity index (χ0) is 18.4. The normalized spacial score (nSPS) is 22.5. The van der Waals surface area contributed by atoms with Gasteiger partial charge in [0.05, 0.1) is 11.5 Å². The van der Waals surface area contributed by atoms with E-state index in [4.69, 9.17) is 0 Å². The van der Waals surface area contributed by atoms with Crippen molar-refractivity contribution in [3.8, 4) is 0 Å². The Hall–Kier alpha value is -2.71. The van der Waals surface area contributed by atoms with Crippen molar-refractivity contribution in [3.05, 3.63) is 28.2 Å². The SMILES string of the molecule is CN1C(=O)C[C@H](C(=O)O)C12CCN(C(=O)c1ccc(=O)n(C)n1)CC2. The lowest BCUT2D eigenvalue weighted by molar-refractivity contribution is -0.145. The molecule has 0 aliphatic carbocycles. The summed E-state index contributed by atoms with van der Waals surface area (Å²) in [7, 11) is 3.11. The lowest BCUT2D eigenvalue weighted by atomic mass is 9.77. The molecule has 2 aliphatic rings. The summed E-state index contributed by atoms with van der Waals surface area (Å²) in [6, 6.07) is 2.68. The van der Waals surface area contributed by atoms with Gasteiger partial charge in [-0.3, -0.25) is 19.2 Å². The van der Waals surface area contributed by atoms with Crippen molar-refractivity contribution >= 4 is 17.8 Å². The molecule has 2 fully saturated rings. The Morgan fingerprint density at radius 3 is 2.40 bits per heavy atom. The summed E-state index contributed by atoms with van der Waals surface area (Å²) in [6.45, 7) is 0.676. The predicted molar refractivity (Wildman–Crippen MR) is 85.9 cm³/mol. The van der Waals surface area contributed by atoms with Crippen LogP contribution in [0.1, 0.15) is 29.8 Å². The number of nitrogens with zero attached hydrogens (tertiary/aromatic N) is 4. The van der Waals surface area contributed by atoms with Gasteiger partial charge in [-0.2, -0.15) is 5.10 Å². The van der Waals surface area contributed by atoms with Gasteiger partial charge < -0.3 is 14.9 Å². The lowest BCUT2D eigenvalue weighted by Gasteiger charge is -2.45. The Balaban J connectivity index is 1.77. The average molecular weight is 348 g/mol. The maximum atomic E-state index is 12.6. The highest BCUT2D eigenvalue weighted by Gasteiger charge is 2.55. The van der Waals surface area contributed by atoms with Gasteiger partial charge in [0.2, 0.25) is 5.91 Å². The molecular formula is C16H20N4O5. The number of carbonyl (C=O) groups is 3. The van der Waals surface area contributed by atoms with Crippen LogP contribution in [0.5, 0.6) is 0 Å². The van der Waals surface area contributed by atoms with Crippen molar-refractivity contribution < 1.29 is 19.5 Å². The number of likely N-dealkylation sites (tertiary alicyclic amines) is 2. The highest BCUT2D eigenvalue weighted by molar-refractivity contribution is 5.92. The Morgan fingerprint density at radius 2 is 1.84 bits per heavy atom. The molecule has 3 heterocycles. The molecule has 0 radical (unpaired) electrons. The van der Waals surface area contributed by atoms with E-state index in [1.807, 2.05) is 0 Å². The maximum Gasteiger partial charge on any atom is 0.309 e. The first-order chi connectivity index (χ1) is 11.8. The van der Waals surface area contributed by atoms with Crippen LogP contribution in [-0.4, -0.2) is 68.1 Å². The van der Waals surface area contributed by atoms with E-state index in [1.54, 1.807) is 11.9 Å². The van der Waals surface area contributed by atoms with Crippen LogP contribution < -0.4 is 5.56 Å². The van der Waals surface area contributed by atoms with Crippen LogP contribution in [0, 0.1) is 5.92 Å². The molecule has 0 aromatic carbocycles. The summed E-state index contributed by atoms with van der Waals surface area (Å²) >= 11 is 0. The first kappa shape index (κ1) is 17.1. The van der Waals surface area contributed by atoms with Gasteiger partial charge in [-0.1, -0.05) is 0 Å². The fraction of sp³-hybridized carbons (Fsp3) is 0.562. The number of aliphatic carboxylic acids is 1. The summed E-state index contributed by atoms with van der Waals surface area (Å²) in [6.07, 6.45) is 0.815. The zero-order valence-corrected chi connectivity index (χ0v) is 14.1. The van der Waals surface area contributed by atoms with Crippen molar-refractivity contribution in [3.63, 3.8) is 0 Å². The van der Waals surface area contributed by atoms with Crippen molar-refractivity contribution in [1.29, 1.82) is 0 Å².